The second-order valence-electron chi connectivity index (χ2n) is 7.47. The molecule has 0 aliphatic carbocycles. The zero-order chi connectivity index (χ0) is 24.7. The Morgan fingerprint density at radius 2 is 1.82 bits per heavy atom. The lowest BCUT2D eigenvalue weighted by atomic mass is 10.1. The van der Waals surface area contributed by atoms with Crippen LogP contribution in [0.3, 0.4) is 0 Å². The summed E-state index contributed by atoms with van der Waals surface area (Å²) in [5.41, 5.74) is 2.21. The lowest BCUT2D eigenvalue weighted by molar-refractivity contribution is -0.384. The molecule has 3 rings (SSSR count). The van der Waals surface area contributed by atoms with Gasteiger partial charge in [-0.3, -0.25) is 19.7 Å². The molecule has 1 unspecified atom stereocenters. The highest BCUT2D eigenvalue weighted by Crippen LogP contribution is 2.30. The number of nitrogens with zero attached hydrogens (tertiary/aromatic N) is 1. The molecule has 0 aliphatic heterocycles. The molecule has 3 aromatic rings. The lowest BCUT2D eigenvalue weighted by Gasteiger charge is -2.16. The SMILES string of the molecule is CCC(Sc1cccc(NC(=O)c2cccc(OC)c2)c1)C(=O)Nc1ccc([N+](=O)[O-])cc1C. The molecule has 34 heavy (non-hydrogen) atoms. The van der Waals surface area contributed by atoms with Crippen LogP contribution in [0.4, 0.5) is 17.1 Å². The normalized spacial score (nSPS) is 11.4. The molecule has 1 atom stereocenters. The summed E-state index contributed by atoms with van der Waals surface area (Å²) in [7, 11) is 1.54. The average molecular weight is 480 g/mol. The van der Waals surface area contributed by atoms with Crippen LogP contribution < -0.4 is 15.4 Å². The molecular formula is C25H25N3O5S. The molecule has 8 nitrogen and oxygen atoms in total. The van der Waals surface area contributed by atoms with Crippen molar-refractivity contribution >= 4 is 40.6 Å². The van der Waals surface area contributed by atoms with E-state index in [0.717, 1.165) is 4.90 Å². The molecule has 2 amide bonds. The largest absolute Gasteiger partial charge is 0.497 e. The van der Waals surface area contributed by atoms with Gasteiger partial charge in [-0.05, 0) is 61.4 Å². The van der Waals surface area contributed by atoms with Gasteiger partial charge in [-0.25, -0.2) is 0 Å². The number of ether oxygens (including phenoxy) is 1. The number of nitro groups is 1. The Hall–Kier alpha value is -3.85. The minimum atomic E-state index is -0.469. The first-order chi connectivity index (χ1) is 16.3. The van der Waals surface area contributed by atoms with Gasteiger partial charge in [-0.15, -0.1) is 11.8 Å². The number of hydrogen-bond acceptors (Lipinski definition) is 6. The van der Waals surface area contributed by atoms with E-state index in [4.69, 9.17) is 4.74 Å². The van der Waals surface area contributed by atoms with Crippen LogP contribution in [0.15, 0.2) is 71.6 Å². The Bertz CT molecular complexity index is 1210. The molecule has 0 saturated heterocycles. The number of methoxy groups -OCH3 is 1. The summed E-state index contributed by atoms with van der Waals surface area (Å²) in [6.07, 6.45) is 0.572. The van der Waals surface area contributed by atoms with Crippen molar-refractivity contribution in [1.29, 1.82) is 0 Å². The van der Waals surface area contributed by atoms with Gasteiger partial charge in [0, 0.05) is 34.0 Å². The Kier molecular flexibility index (Phi) is 8.26. The molecule has 9 heteroatoms. The van der Waals surface area contributed by atoms with Crippen molar-refractivity contribution < 1.29 is 19.2 Å². The zero-order valence-electron chi connectivity index (χ0n) is 19.0. The van der Waals surface area contributed by atoms with E-state index in [1.165, 1.54) is 30.0 Å². The summed E-state index contributed by atoms with van der Waals surface area (Å²) in [4.78, 5) is 36.8. The van der Waals surface area contributed by atoms with E-state index in [-0.39, 0.29) is 22.8 Å². The molecule has 0 saturated carbocycles. The molecule has 176 valence electrons. The number of nitro benzene ring substituents is 1. The van der Waals surface area contributed by atoms with Crippen LogP contribution in [0.5, 0.6) is 5.75 Å². The molecule has 0 heterocycles. The van der Waals surface area contributed by atoms with Gasteiger partial charge in [-0.1, -0.05) is 19.1 Å². The number of nitrogens with one attached hydrogen (secondary N) is 2. The summed E-state index contributed by atoms with van der Waals surface area (Å²) in [6, 6.07) is 18.5. The first kappa shape index (κ1) is 24.8. The van der Waals surface area contributed by atoms with Crippen LogP contribution >= 0.6 is 11.8 Å². The average Bonchev–Trinajstić information content (AvgIpc) is 2.83. The number of non-ortho nitro benzene ring substituents is 1. The maximum absolute atomic E-state index is 12.9. The predicted molar refractivity (Wildman–Crippen MR) is 134 cm³/mol. The Labute approximate surface area is 201 Å². The van der Waals surface area contributed by atoms with Crippen LogP contribution in [0.1, 0.15) is 29.3 Å². The first-order valence-electron chi connectivity index (χ1n) is 10.6. The number of anilines is 2. The monoisotopic (exact) mass is 479 g/mol. The Balaban J connectivity index is 1.68. The first-order valence-corrected chi connectivity index (χ1v) is 11.5. The van der Waals surface area contributed by atoms with Crippen molar-refractivity contribution in [3.63, 3.8) is 0 Å². The topological polar surface area (TPSA) is 111 Å². The number of carbonyl (C=O) groups excluding carboxylic acids is 2. The fraction of sp³-hybridized carbons (Fsp3) is 0.200. The second kappa shape index (κ2) is 11.3. The van der Waals surface area contributed by atoms with Gasteiger partial charge in [0.2, 0.25) is 5.91 Å². The van der Waals surface area contributed by atoms with E-state index in [2.05, 4.69) is 10.6 Å². The van der Waals surface area contributed by atoms with Crippen molar-refractivity contribution in [1.82, 2.24) is 0 Å². The van der Waals surface area contributed by atoms with Gasteiger partial charge in [0.05, 0.1) is 17.3 Å². The van der Waals surface area contributed by atoms with Gasteiger partial charge in [-0.2, -0.15) is 0 Å². The molecule has 3 aromatic carbocycles. The second-order valence-corrected chi connectivity index (χ2v) is 8.75. The van der Waals surface area contributed by atoms with Crippen molar-refractivity contribution in [2.75, 3.05) is 17.7 Å². The Morgan fingerprint density at radius 3 is 2.50 bits per heavy atom. The summed E-state index contributed by atoms with van der Waals surface area (Å²) in [6.45, 7) is 3.62. The third-order valence-corrected chi connectivity index (χ3v) is 6.40. The van der Waals surface area contributed by atoms with E-state index in [0.29, 0.717) is 34.7 Å². The fourth-order valence-electron chi connectivity index (χ4n) is 3.22. The molecule has 0 radical (unpaired) electrons. The highest BCUT2D eigenvalue weighted by molar-refractivity contribution is 8.00. The maximum Gasteiger partial charge on any atom is 0.269 e. The standard InChI is InChI=1S/C25H25N3O5S/c1-4-23(25(30)27-22-12-11-19(28(31)32)13-16(22)2)34-21-10-6-8-18(15-21)26-24(29)17-7-5-9-20(14-17)33-3/h5-15,23H,4H2,1-3H3,(H,26,29)(H,27,30). The van der Waals surface area contributed by atoms with Crippen molar-refractivity contribution in [3.8, 4) is 5.75 Å². The number of aryl methyl sites for hydroxylation is 1. The number of rotatable bonds is 9. The van der Waals surface area contributed by atoms with Crippen LogP contribution in [-0.4, -0.2) is 29.1 Å². The number of carbonyl (C=O) groups is 2. The lowest BCUT2D eigenvalue weighted by Crippen LogP contribution is -2.25. The molecule has 0 aromatic heterocycles. The van der Waals surface area contributed by atoms with Gasteiger partial charge in [0.25, 0.3) is 11.6 Å². The third kappa shape index (κ3) is 6.35. The van der Waals surface area contributed by atoms with E-state index in [1.807, 2.05) is 25.1 Å². The molecule has 0 fully saturated rings. The maximum atomic E-state index is 12.9. The van der Waals surface area contributed by atoms with Crippen LogP contribution in [0.25, 0.3) is 0 Å². The minimum Gasteiger partial charge on any atom is -0.497 e. The highest BCUT2D eigenvalue weighted by Gasteiger charge is 2.20. The summed E-state index contributed by atoms with van der Waals surface area (Å²) < 4.78 is 5.17. The number of amides is 2. The third-order valence-electron chi connectivity index (χ3n) is 5.04. The van der Waals surface area contributed by atoms with E-state index < -0.39 is 4.92 Å². The zero-order valence-corrected chi connectivity index (χ0v) is 19.8. The van der Waals surface area contributed by atoms with Crippen LogP contribution in [-0.2, 0) is 4.79 Å². The molecular weight excluding hydrogens is 454 g/mol. The van der Waals surface area contributed by atoms with Crippen molar-refractivity contribution in [3.05, 3.63) is 88.0 Å². The van der Waals surface area contributed by atoms with Crippen LogP contribution in [0.2, 0.25) is 0 Å². The summed E-state index contributed by atoms with van der Waals surface area (Å²) in [5.74, 6) is 0.131. The Morgan fingerprint density at radius 1 is 1.06 bits per heavy atom. The number of benzene rings is 3. The highest BCUT2D eigenvalue weighted by atomic mass is 32.2. The number of thioether (sulfide) groups is 1. The van der Waals surface area contributed by atoms with E-state index in [1.54, 1.807) is 44.4 Å². The quantitative estimate of drug-likeness (QED) is 0.232. The van der Waals surface area contributed by atoms with Crippen molar-refractivity contribution in [2.45, 2.75) is 30.4 Å². The van der Waals surface area contributed by atoms with Gasteiger partial charge >= 0.3 is 0 Å². The molecule has 0 spiro atoms. The van der Waals surface area contributed by atoms with Gasteiger partial charge in [0.1, 0.15) is 5.75 Å². The minimum absolute atomic E-state index is 0.0234. The molecule has 0 aliphatic rings. The fourth-order valence-corrected chi connectivity index (χ4v) is 4.23. The van der Waals surface area contributed by atoms with E-state index >= 15 is 0 Å². The van der Waals surface area contributed by atoms with Gasteiger partial charge < -0.3 is 15.4 Å². The molecule has 0 bridgehead atoms. The predicted octanol–water partition coefficient (Wildman–Crippen LogP) is 5.67. The smallest absolute Gasteiger partial charge is 0.269 e. The number of hydrogen-bond donors (Lipinski definition) is 2. The van der Waals surface area contributed by atoms with Crippen LogP contribution in [0, 0.1) is 17.0 Å². The van der Waals surface area contributed by atoms with E-state index in [9.17, 15) is 19.7 Å². The molecule has 2 N–H and O–H groups in total. The van der Waals surface area contributed by atoms with Crippen molar-refractivity contribution in [2.24, 2.45) is 0 Å². The summed E-state index contributed by atoms with van der Waals surface area (Å²) in [5, 5.41) is 16.3. The van der Waals surface area contributed by atoms with Gasteiger partial charge in [0.15, 0.2) is 0 Å². The summed E-state index contributed by atoms with van der Waals surface area (Å²) >= 11 is 1.38.